The van der Waals surface area contributed by atoms with Crippen LogP contribution in [0.5, 0.6) is 0 Å². The second kappa shape index (κ2) is 8.14. The monoisotopic (exact) mass is 340 g/mol. The highest BCUT2D eigenvalue weighted by molar-refractivity contribution is 5.79. The number of rotatable bonds is 6. The Morgan fingerprint density at radius 2 is 2.04 bits per heavy atom. The quantitative estimate of drug-likeness (QED) is 0.534. The van der Waals surface area contributed by atoms with Crippen molar-refractivity contribution in [1.29, 1.82) is 0 Å². The van der Waals surface area contributed by atoms with E-state index >= 15 is 0 Å². The minimum Gasteiger partial charge on any atom is -0.355 e. The maximum Gasteiger partial charge on any atom is 0.191 e. The van der Waals surface area contributed by atoms with Crippen molar-refractivity contribution in [1.82, 2.24) is 24.8 Å². The van der Waals surface area contributed by atoms with Gasteiger partial charge in [0.1, 0.15) is 5.82 Å². The molecule has 25 heavy (non-hydrogen) atoms. The van der Waals surface area contributed by atoms with Crippen molar-refractivity contribution in [2.75, 3.05) is 13.6 Å². The van der Waals surface area contributed by atoms with E-state index in [9.17, 15) is 4.39 Å². The fourth-order valence-electron chi connectivity index (χ4n) is 2.50. The van der Waals surface area contributed by atoms with Crippen LogP contribution in [0.4, 0.5) is 4.39 Å². The Kier molecular flexibility index (Phi) is 5.46. The normalized spacial score (nSPS) is 11.5. The molecule has 1 aromatic carbocycles. The van der Waals surface area contributed by atoms with Crippen LogP contribution < -0.4 is 10.6 Å². The summed E-state index contributed by atoms with van der Waals surface area (Å²) in [7, 11) is 1.72. The second-order valence-electron chi connectivity index (χ2n) is 5.53. The standard InChI is InChI=1S/C18H21FN6/c1-20-18(22-7-10-24-8-2-3-9-24)23-13-15-4-5-17(16(19)12-15)25-11-6-21-14-25/h2-6,8-9,11-12,14H,7,10,13H2,1H3,(H2,20,22,23). The van der Waals surface area contributed by atoms with Crippen LogP contribution in [0.25, 0.3) is 5.69 Å². The maximum absolute atomic E-state index is 14.3. The van der Waals surface area contributed by atoms with Gasteiger partial charge in [-0.2, -0.15) is 0 Å². The molecule has 6 nitrogen and oxygen atoms in total. The number of halogens is 1. The van der Waals surface area contributed by atoms with Gasteiger partial charge in [-0.25, -0.2) is 9.37 Å². The molecule has 7 heteroatoms. The summed E-state index contributed by atoms with van der Waals surface area (Å²) in [6.45, 7) is 2.09. The Bertz CT molecular complexity index is 808. The summed E-state index contributed by atoms with van der Waals surface area (Å²) < 4.78 is 18.0. The molecule has 3 rings (SSSR count). The molecule has 0 atom stereocenters. The second-order valence-corrected chi connectivity index (χ2v) is 5.53. The van der Waals surface area contributed by atoms with Gasteiger partial charge in [0.2, 0.25) is 0 Å². The Hall–Kier alpha value is -3.09. The third kappa shape index (κ3) is 4.47. The fraction of sp³-hybridized carbons (Fsp3) is 0.222. The smallest absolute Gasteiger partial charge is 0.191 e. The first kappa shape index (κ1) is 16.8. The van der Waals surface area contributed by atoms with Gasteiger partial charge in [0.05, 0.1) is 12.0 Å². The first-order valence-electron chi connectivity index (χ1n) is 8.08. The molecular formula is C18H21FN6. The Morgan fingerprint density at radius 3 is 2.72 bits per heavy atom. The van der Waals surface area contributed by atoms with Crippen LogP contribution in [0, 0.1) is 5.82 Å². The van der Waals surface area contributed by atoms with E-state index in [1.807, 2.05) is 30.6 Å². The maximum atomic E-state index is 14.3. The molecule has 0 amide bonds. The molecule has 130 valence electrons. The summed E-state index contributed by atoms with van der Waals surface area (Å²) in [5.41, 5.74) is 1.32. The summed E-state index contributed by atoms with van der Waals surface area (Å²) >= 11 is 0. The van der Waals surface area contributed by atoms with Gasteiger partial charge in [-0.3, -0.25) is 4.99 Å². The van der Waals surface area contributed by atoms with E-state index in [4.69, 9.17) is 0 Å². The Morgan fingerprint density at radius 1 is 1.20 bits per heavy atom. The molecule has 0 saturated heterocycles. The van der Waals surface area contributed by atoms with Crippen LogP contribution in [0.2, 0.25) is 0 Å². The highest BCUT2D eigenvalue weighted by atomic mass is 19.1. The number of hydrogen-bond acceptors (Lipinski definition) is 2. The zero-order valence-electron chi connectivity index (χ0n) is 14.1. The number of benzene rings is 1. The molecule has 3 aromatic rings. The number of aliphatic imine (C=N–C) groups is 1. The van der Waals surface area contributed by atoms with Gasteiger partial charge >= 0.3 is 0 Å². The lowest BCUT2D eigenvalue weighted by Gasteiger charge is -2.13. The zero-order valence-corrected chi connectivity index (χ0v) is 14.1. The molecule has 2 heterocycles. The lowest BCUT2D eigenvalue weighted by atomic mass is 10.2. The number of aromatic nitrogens is 3. The van der Waals surface area contributed by atoms with E-state index in [1.165, 1.54) is 6.07 Å². The Balaban J connectivity index is 1.52. The number of imidazole rings is 1. The molecule has 0 unspecified atom stereocenters. The predicted molar refractivity (Wildman–Crippen MR) is 96.2 cm³/mol. The van der Waals surface area contributed by atoms with Crippen LogP contribution in [-0.4, -0.2) is 33.7 Å². The summed E-state index contributed by atoms with van der Waals surface area (Å²) in [4.78, 5) is 8.12. The van der Waals surface area contributed by atoms with E-state index < -0.39 is 0 Å². The molecule has 0 saturated carbocycles. The number of hydrogen-bond donors (Lipinski definition) is 2. The van der Waals surface area contributed by atoms with Crippen molar-refractivity contribution in [3.05, 3.63) is 72.8 Å². The van der Waals surface area contributed by atoms with Crippen LogP contribution >= 0.6 is 0 Å². The highest BCUT2D eigenvalue weighted by Crippen LogP contribution is 2.14. The van der Waals surface area contributed by atoms with Gasteiger partial charge in [0, 0.05) is 51.5 Å². The van der Waals surface area contributed by atoms with Crippen molar-refractivity contribution in [2.24, 2.45) is 4.99 Å². The van der Waals surface area contributed by atoms with Crippen LogP contribution in [-0.2, 0) is 13.1 Å². The van der Waals surface area contributed by atoms with Crippen molar-refractivity contribution < 1.29 is 4.39 Å². The largest absolute Gasteiger partial charge is 0.355 e. The lowest BCUT2D eigenvalue weighted by Crippen LogP contribution is -2.38. The highest BCUT2D eigenvalue weighted by Gasteiger charge is 2.06. The van der Waals surface area contributed by atoms with Gasteiger partial charge in [0.25, 0.3) is 0 Å². The van der Waals surface area contributed by atoms with E-state index in [0.29, 0.717) is 18.2 Å². The van der Waals surface area contributed by atoms with Gasteiger partial charge in [-0.15, -0.1) is 0 Å². The van der Waals surface area contributed by atoms with Crippen molar-refractivity contribution >= 4 is 5.96 Å². The molecular weight excluding hydrogens is 319 g/mol. The minimum atomic E-state index is -0.284. The summed E-state index contributed by atoms with van der Waals surface area (Å²) in [5.74, 6) is 0.402. The first-order valence-corrected chi connectivity index (χ1v) is 8.08. The fourth-order valence-corrected chi connectivity index (χ4v) is 2.50. The number of guanidine groups is 1. The predicted octanol–water partition coefficient (Wildman–Crippen LogP) is 2.18. The van der Waals surface area contributed by atoms with Gasteiger partial charge < -0.3 is 19.8 Å². The third-order valence-electron chi connectivity index (χ3n) is 3.81. The van der Waals surface area contributed by atoms with Crippen LogP contribution in [0.3, 0.4) is 0 Å². The van der Waals surface area contributed by atoms with Gasteiger partial charge in [-0.05, 0) is 29.8 Å². The molecule has 0 spiro atoms. The molecule has 0 aliphatic heterocycles. The summed E-state index contributed by atoms with van der Waals surface area (Å²) in [6.07, 6.45) is 8.95. The van der Waals surface area contributed by atoms with E-state index in [-0.39, 0.29) is 5.82 Å². The zero-order chi connectivity index (χ0) is 17.5. The topological polar surface area (TPSA) is 59.2 Å². The SMILES string of the molecule is CN=C(NCCn1cccc1)NCc1ccc(-n2ccnc2)c(F)c1. The van der Waals surface area contributed by atoms with Gasteiger partial charge in [-0.1, -0.05) is 6.07 Å². The molecule has 0 aliphatic rings. The Labute approximate surface area is 146 Å². The van der Waals surface area contributed by atoms with E-state index in [2.05, 4.69) is 25.2 Å². The van der Waals surface area contributed by atoms with E-state index in [1.54, 1.807) is 36.4 Å². The summed E-state index contributed by atoms with van der Waals surface area (Å²) in [5, 5.41) is 6.43. The third-order valence-corrected chi connectivity index (χ3v) is 3.81. The molecule has 0 fully saturated rings. The molecule has 2 N–H and O–H groups in total. The average Bonchev–Trinajstić information content (AvgIpc) is 3.31. The van der Waals surface area contributed by atoms with E-state index in [0.717, 1.165) is 18.7 Å². The molecule has 0 aliphatic carbocycles. The molecule has 0 radical (unpaired) electrons. The number of nitrogens with one attached hydrogen (secondary N) is 2. The van der Waals surface area contributed by atoms with Crippen LogP contribution in [0.1, 0.15) is 5.56 Å². The van der Waals surface area contributed by atoms with Crippen molar-refractivity contribution in [3.63, 3.8) is 0 Å². The van der Waals surface area contributed by atoms with Gasteiger partial charge in [0.15, 0.2) is 5.96 Å². The van der Waals surface area contributed by atoms with Crippen LogP contribution in [0.15, 0.2) is 66.4 Å². The number of nitrogens with zero attached hydrogens (tertiary/aromatic N) is 4. The van der Waals surface area contributed by atoms with Crippen molar-refractivity contribution in [3.8, 4) is 5.69 Å². The lowest BCUT2D eigenvalue weighted by molar-refractivity contribution is 0.614. The first-order chi connectivity index (χ1) is 12.3. The molecule has 0 bridgehead atoms. The summed E-state index contributed by atoms with van der Waals surface area (Å²) in [6, 6.07) is 9.15. The minimum absolute atomic E-state index is 0.284. The average molecular weight is 340 g/mol. The van der Waals surface area contributed by atoms with Crippen molar-refractivity contribution in [2.45, 2.75) is 13.1 Å². The molecule has 2 aromatic heterocycles.